The molecule has 9 rings (SSSR count). The van der Waals surface area contributed by atoms with Crippen LogP contribution in [-0.2, 0) is 5.41 Å². The number of rotatable bonds is 2. The molecule has 45 heavy (non-hydrogen) atoms. The van der Waals surface area contributed by atoms with Crippen molar-refractivity contribution in [3.8, 4) is 27.9 Å². The molecule has 212 valence electrons. The zero-order valence-electron chi connectivity index (χ0n) is 24.8. The summed E-state index contributed by atoms with van der Waals surface area (Å²) in [5.74, 6) is 0. The van der Waals surface area contributed by atoms with E-state index < -0.39 is 0 Å². The number of fused-ring (bicyclic) bond motifs is 8. The Morgan fingerprint density at radius 3 is 2.07 bits per heavy atom. The number of nitrogens with zero attached hydrogens (tertiary/aromatic N) is 2. The van der Waals surface area contributed by atoms with Crippen LogP contribution >= 0.6 is 0 Å². The van der Waals surface area contributed by atoms with E-state index in [1.54, 1.807) is 6.07 Å². The van der Waals surface area contributed by atoms with Crippen molar-refractivity contribution in [2.24, 2.45) is 0 Å². The zero-order valence-corrected chi connectivity index (χ0v) is 24.8. The van der Waals surface area contributed by atoms with Gasteiger partial charge in [-0.3, -0.25) is 4.79 Å². The minimum atomic E-state index is -0.313. The Kier molecular flexibility index (Phi) is 5.14. The molecular formula is C41H26N2O2. The SMILES string of the molecule is [C-]#[N+]c1cccc(-c2ccc3c(=O)c4cc5c(cc4oc3c2)-c2ccc(-n3c4ccccc4c4ccccc43)cc2C5(C)C)c1. The first-order chi connectivity index (χ1) is 21.9. The molecule has 1 aliphatic carbocycles. The first-order valence-corrected chi connectivity index (χ1v) is 15.1. The third kappa shape index (κ3) is 3.56. The first kappa shape index (κ1) is 25.6. The molecule has 0 bridgehead atoms. The molecule has 0 saturated heterocycles. The maximum absolute atomic E-state index is 13.9. The fraction of sp³-hybridized carbons (Fsp3) is 0.0732. The summed E-state index contributed by atoms with van der Waals surface area (Å²) >= 11 is 0. The summed E-state index contributed by atoms with van der Waals surface area (Å²) in [5.41, 5.74) is 11.3. The molecule has 2 aromatic heterocycles. The summed E-state index contributed by atoms with van der Waals surface area (Å²) in [4.78, 5) is 17.4. The van der Waals surface area contributed by atoms with Gasteiger partial charge in [-0.25, -0.2) is 4.85 Å². The van der Waals surface area contributed by atoms with Crippen molar-refractivity contribution in [2.75, 3.05) is 0 Å². The van der Waals surface area contributed by atoms with E-state index in [9.17, 15) is 4.79 Å². The van der Waals surface area contributed by atoms with Crippen LogP contribution in [-0.4, -0.2) is 4.57 Å². The van der Waals surface area contributed by atoms with E-state index in [2.05, 4.69) is 90.0 Å². The lowest BCUT2D eigenvalue weighted by Gasteiger charge is -2.22. The minimum absolute atomic E-state index is 0.0340. The predicted molar refractivity (Wildman–Crippen MR) is 184 cm³/mol. The molecule has 8 aromatic rings. The van der Waals surface area contributed by atoms with Gasteiger partial charge in [0.05, 0.1) is 28.4 Å². The number of para-hydroxylation sites is 2. The minimum Gasteiger partial charge on any atom is -0.456 e. The lowest BCUT2D eigenvalue weighted by Crippen LogP contribution is -2.16. The van der Waals surface area contributed by atoms with Crippen molar-refractivity contribution in [3.63, 3.8) is 0 Å². The van der Waals surface area contributed by atoms with E-state index in [1.165, 1.54) is 27.4 Å². The molecule has 0 radical (unpaired) electrons. The van der Waals surface area contributed by atoms with Crippen LogP contribution in [0.1, 0.15) is 25.0 Å². The molecule has 1 aliphatic rings. The number of benzene rings is 6. The van der Waals surface area contributed by atoms with Gasteiger partial charge in [0.25, 0.3) is 0 Å². The van der Waals surface area contributed by atoms with Gasteiger partial charge in [0, 0.05) is 21.9 Å². The Balaban J connectivity index is 1.23. The molecular weight excluding hydrogens is 552 g/mol. The van der Waals surface area contributed by atoms with Crippen LogP contribution in [0.15, 0.2) is 131 Å². The molecule has 0 N–H and O–H groups in total. The van der Waals surface area contributed by atoms with Gasteiger partial charge in [-0.05, 0) is 88.0 Å². The maximum atomic E-state index is 13.9. The van der Waals surface area contributed by atoms with Crippen molar-refractivity contribution in [3.05, 3.63) is 154 Å². The second-order valence-corrected chi connectivity index (χ2v) is 12.4. The Morgan fingerprint density at radius 1 is 0.622 bits per heavy atom. The molecule has 0 spiro atoms. The Labute approximate surface area is 259 Å². The van der Waals surface area contributed by atoms with Gasteiger partial charge in [0.1, 0.15) is 11.2 Å². The smallest absolute Gasteiger partial charge is 0.200 e. The Morgan fingerprint density at radius 2 is 1.31 bits per heavy atom. The van der Waals surface area contributed by atoms with Gasteiger partial charge in [0.2, 0.25) is 5.43 Å². The standard InChI is InChI=1S/C41H26N2O2/c1-41(2)34-21-27(43-36-13-6-4-11-29(36)30-12-5-7-14-37(30)43)16-18-28(34)32-23-39-33(22-35(32)41)40(44)31-17-15-25(20-38(31)45-39)24-9-8-10-26(19-24)42-3/h4-23H,1-2H3. The average Bonchev–Trinajstić information content (AvgIpc) is 3.52. The summed E-state index contributed by atoms with van der Waals surface area (Å²) in [6.45, 7) is 11.9. The molecule has 4 heteroatoms. The van der Waals surface area contributed by atoms with Crippen LogP contribution in [0.4, 0.5) is 5.69 Å². The van der Waals surface area contributed by atoms with Crippen molar-refractivity contribution in [2.45, 2.75) is 19.3 Å². The van der Waals surface area contributed by atoms with E-state index in [-0.39, 0.29) is 10.8 Å². The summed E-state index contributed by atoms with van der Waals surface area (Å²) < 4.78 is 8.82. The van der Waals surface area contributed by atoms with Gasteiger partial charge in [0.15, 0.2) is 5.69 Å². The summed E-state index contributed by atoms with van der Waals surface area (Å²) in [6, 6.07) is 41.1. The van der Waals surface area contributed by atoms with Crippen LogP contribution in [0.2, 0.25) is 0 Å². The van der Waals surface area contributed by atoms with E-state index in [0.717, 1.165) is 33.5 Å². The highest BCUT2D eigenvalue weighted by atomic mass is 16.3. The van der Waals surface area contributed by atoms with Gasteiger partial charge in [-0.15, -0.1) is 0 Å². The third-order valence-electron chi connectivity index (χ3n) is 9.60. The highest BCUT2D eigenvalue weighted by Gasteiger charge is 2.37. The lowest BCUT2D eigenvalue weighted by atomic mass is 9.82. The molecule has 0 amide bonds. The van der Waals surface area contributed by atoms with E-state index >= 15 is 0 Å². The lowest BCUT2D eigenvalue weighted by molar-refractivity contribution is 0.652. The molecule has 0 atom stereocenters. The molecule has 0 saturated carbocycles. The monoisotopic (exact) mass is 578 g/mol. The second-order valence-electron chi connectivity index (χ2n) is 12.4. The average molecular weight is 579 g/mol. The maximum Gasteiger partial charge on any atom is 0.200 e. The van der Waals surface area contributed by atoms with Crippen molar-refractivity contribution in [1.82, 2.24) is 4.57 Å². The normalized spacial score (nSPS) is 13.4. The fourth-order valence-electron chi connectivity index (χ4n) is 7.34. The molecule has 0 unspecified atom stereocenters. The highest BCUT2D eigenvalue weighted by molar-refractivity contribution is 6.09. The number of hydrogen-bond acceptors (Lipinski definition) is 2. The van der Waals surface area contributed by atoms with Crippen LogP contribution in [0, 0.1) is 6.57 Å². The van der Waals surface area contributed by atoms with Gasteiger partial charge in [-0.1, -0.05) is 80.6 Å². The molecule has 0 fully saturated rings. The van der Waals surface area contributed by atoms with Crippen LogP contribution in [0.3, 0.4) is 0 Å². The largest absolute Gasteiger partial charge is 0.456 e. The quantitative estimate of drug-likeness (QED) is 0.151. The first-order valence-electron chi connectivity index (χ1n) is 15.1. The second kappa shape index (κ2) is 9.05. The molecule has 6 aromatic carbocycles. The molecule has 0 aliphatic heterocycles. The van der Waals surface area contributed by atoms with Crippen molar-refractivity contribution in [1.29, 1.82) is 0 Å². The van der Waals surface area contributed by atoms with Crippen LogP contribution in [0.5, 0.6) is 0 Å². The van der Waals surface area contributed by atoms with Crippen molar-refractivity contribution >= 4 is 49.4 Å². The van der Waals surface area contributed by atoms with E-state index in [4.69, 9.17) is 11.0 Å². The van der Waals surface area contributed by atoms with Gasteiger partial charge < -0.3 is 8.98 Å². The summed E-state index contributed by atoms with van der Waals surface area (Å²) in [7, 11) is 0. The topological polar surface area (TPSA) is 39.5 Å². The van der Waals surface area contributed by atoms with Crippen molar-refractivity contribution < 1.29 is 4.42 Å². The third-order valence-corrected chi connectivity index (χ3v) is 9.60. The zero-order chi connectivity index (χ0) is 30.4. The predicted octanol–water partition coefficient (Wildman–Crippen LogP) is 10.6. The summed E-state index contributed by atoms with van der Waals surface area (Å²) in [5, 5.41) is 3.62. The van der Waals surface area contributed by atoms with E-state index in [1.807, 2.05) is 48.5 Å². The summed E-state index contributed by atoms with van der Waals surface area (Å²) in [6.07, 6.45) is 0. The highest BCUT2D eigenvalue weighted by Crippen LogP contribution is 2.50. The molecule has 2 heterocycles. The Bertz CT molecular complexity index is 2610. The molecule has 4 nitrogen and oxygen atoms in total. The number of hydrogen-bond donors (Lipinski definition) is 0. The van der Waals surface area contributed by atoms with Crippen LogP contribution in [0.25, 0.3) is 76.5 Å². The number of aromatic nitrogens is 1. The van der Waals surface area contributed by atoms with E-state index in [0.29, 0.717) is 27.6 Å². The Hall–Kier alpha value is -5.92. The van der Waals surface area contributed by atoms with Gasteiger partial charge >= 0.3 is 0 Å². The van der Waals surface area contributed by atoms with Crippen LogP contribution < -0.4 is 5.43 Å². The van der Waals surface area contributed by atoms with Gasteiger partial charge in [-0.2, -0.15) is 0 Å². The fourth-order valence-corrected chi connectivity index (χ4v) is 7.34.